The summed E-state index contributed by atoms with van der Waals surface area (Å²) in [6.45, 7) is 13.7. The Kier molecular flexibility index (Phi) is 7.05. The zero-order valence-electron chi connectivity index (χ0n) is 21.5. The van der Waals surface area contributed by atoms with Gasteiger partial charge in [-0.25, -0.2) is 0 Å². The summed E-state index contributed by atoms with van der Waals surface area (Å²) >= 11 is 6.48. The fraction of sp³-hybridized carbons (Fsp3) is 0.517. The number of ether oxygens (including phenoxy) is 2. The SMILES string of the molecule is C=CCOc1ccc(Cl)cc1C1C2=C(CC(C)(C)CC2=O)N(CCOC)C2=C1C(=O)CC(C)(C)C2. The number of nitrogens with zero attached hydrogens (tertiary/aromatic N) is 1. The number of halogens is 1. The molecular weight excluding hydrogens is 462 g/mol. The highest BCUT2D eigenvalue weighted by molar-refractivity contribution is 6.30. The van der Waals surface area contributed by atoms with Gasteiger partial charge < -0.3 is 14.4 Å². The Morgan fingerprint density at radius 2 is 1.60 bits per heavy atom. The van der Waals surface area contributed by atoms with Gasteiger partial charge >= 0.3 is 0 Å². The number of rotatable bonds is 7. The Morgan fingerprint density at radius 1 is 1.03 bits per heavy atom. The number of hydrogen-bond acceptors (Lipinski definition) is 5. The van der Waals surface area contributed by atoms with Crippen LogP contribution in [0.4, 0.5) is 0 Å². The van der Waals surface area contributed by atoms with E-state index in [1.54, 1.807) is 19.3 Å². The zero-order chi connectivity index (χ0) is 25.5. The highest BCUT2D eigenvalue weighted by Gasteiger charge is 2.49. The molecule has 4 rings (SSSR count). The number of carbonyl (C=O) groups is 2. The molecule has 5 nitrogen and oxygen atoms in total. The van der Waals surface area contributed by atoms with Gasteiger partial charge in [0.2, 0.25) is 0 Å². The molecule has 1 aromatic carbocycles. The normalized spacial score (nSPS) is 21.7. The number of ketones is 2. The van der Waals surface area contributed by atoms with Gasteiger partial charge in [0, 0.05) is 65.5 Å². The van der Waals surface area contributed by atoms with Crippen LogP contribution in [0.2, 0.25) is 5.02 Å². The minimum Gasteiger partial charge on any atom is -0.489 e. The first kappa shape index (κ1) is 25.7. The Hall–Kier alpha value is -2.37. The molecule has 0 saturated carbocycles. The molecule has 1 aromatic rings. The molecular formula is C29H36ClNO4. The van der Waals surface area contributed by atoms with Gasteiger partial charge in [0.25, 0.3) is 0 Å². The van der Waals surface area contributed by atoms with Crippen LogP contribution in [0.5, 0.6) is 5.75 Å². The van der Waals surface area contributed by atoms with Gasteiger partial charge in [0.1, 0.15) is 12.4 Å². The third kappa shape index (κ3) is 4.99. The van der Waals surface area contributed by atoms with E-state index < -0.39 is 5.92 Å². The monoisotopic (exact) mass is 497 g/mol. The lowest BCUT2D eigenvalue weighted by atomic mass is 9.63. The molecule has 0 N–H and O–H groups in total. The largest absolute Gasteiger partial charge is 0.489 e. The molecule has 0 unspecified atom stereocenters. The second kappa shape index (κ2) is 9.59. The Labute approximate surface area is 213 Å². The Morgan fingerprint density at radius 3 is 2.11 bits per heavy atom. The molecule has 188 valence electrons. The summed E-state index contributed by atoms with van der Waals surface area (Å²) in [6, 6.07) is 5.46. The summed E-state index contributed by atoms with van der Waals surface area (Å²) in [5, 5.41) is 0.546. The smallest absolute Gasteiger partial charge is 0.162 e. The maximum atomic E-state index is 13.8. The van der Waals surface area contributed by atoms with E-state index in [1.165, 1.54) is 0 Å². The van der Waals surface area contributed by atoms with Crippen LogP contribution in [0, 0.1) is 10.8 Å². The van der Waals surface area contributed by atoms with E-state index in [0.717, 1.165) is 29.8 Å². The maximum absolute atomic E-state index is 13.8. The van der Waals surface area contributed by atoms with Crippen molar-refractivity contribution in [2.45, 2.75) is 59.3 Å². The van der Waals surface area contributed by atoms with Crippen LogP contribution in [0.1, 0.15) is 64.9 Å². The summed E-state index contributed by atoms with van der Waals surface area (Å²) in [5.74, 6) is 0.299. The van der Waals surface area contributed by atoms with E-state index in [4.69, 9.17) is 21.1 Å². The molecule has 35 heavy (non-hydrogen) atoms. The van der Waals surface area contributed by atoms with Gasteiger partial charge in [-0.15, -0.1) is 0 Å². The van der Waals surface area contributed by atoms with Crippen molar-refractivity contribution in [1.82, 2.24) is 4.90 Å². The molecule has 6 heteroatoms. The first-order valence-electron chi connectivity index (χ1n) is 12.3. The van der Waals surface area contributed by atoms with Crippen molar-refractivity contribution in [2.75, 3.05) is 26.9 Å². The van der Waals surface area contributed by atoms with Crippen LogP contribution in [-0.2, 0) is 14.3 Å². The van der Waals surface area contributed by atoms with Crippen molar-refractivity contribution in [3.8, 4) is 5.75 Å². The quantitative estimate of drug-likeness (QED) is 0.417. The molecule has 0 fully saturated rings. The molecule has 0 bridgehead atoms. The van der Waals surface area contributed by atoms with Crippen LogP contribution >= 0.6 is 11.6 Å². The molecule has 1 aliphatic heterocycles. The number of Topliss-reactive ketones (excluding diaryl/α,β-unsaturated/α-hetero) is 2. The summed E-state index contributed by atoms with van der Waals surface area (Å²) in [7, 11) is 1.68. The van der Waals surface area contributed by atoms with Crippen LogP contribution in [0.15, 0.2) is 53.4 Å². The van der Waals surface area contributed by atoms with Crippen LogP contribution in [-0.4, -0.2) is 43.3 Å². The fourth-order valence-corrected chi connectivity index (χ4v) is 6.02. The summed E-state index contributed by atoms with van der Waals surface area (Å²) in [5.41, 5.74) is 3.85. The Bertz CT molecular complexity index is 1070. The van der Waals surface area contributed by atoms with E-state index >= 15 is 0 Å². The molecule has 0 aromatic heterocycles. The van der Waals surface area contributed by atoms with Gasteiger partial charge in [-0.05, 0) is 41.9 Å². The van der Waals surface area contributed by atoms with Gasteiger partial charge in [-0.3, -0.25) is 9.59 Å². The van der Waals surface area contributed by atoms with Crippen LogP contribution in [0.25, 0.3) is 0 Å². The van der Waals surface area contributed by atoms with E-state index in [9.17, 15) is 9.59 Å². The lowest BCUT2D eigenvalue weighted by Crippen LogP contribution is -2.45. The highest BCUT2D eigenvalue weighted by atomic mass is 35.5. The topological polar surface area (TPSA) is 55.8 Å². The van der Waals surface area contributed by atoms with Gasteiger partial charge in [0.15, 0.2) is 11.6 Å². The average Bonchev–Trinajstić information content (AvgIpc) is 2.74. The number of hydrogen-bond donors (Lipinski definition) is 0. The molecule has 0 radical (unpaired) electrons. The van der Waals surface area contributed by atoms with Crippen molar-refractivity contribution in [3.05, 3.63) is 64.0 Å². The first-order chi connectivity index (χ1) is 16.5. The van der Waals surface area contributed by atoms with E-state index in [1.807, 2.05) is 12.1 Å². The zero-order valence-corrected chi connectivity index (χ0v) is 22.3. The minimum atomic E-state index is -0.496. The van der Waals surface area contributed by atoms with Crippen LogP contribution in [0.3, 0.4) is 0 Å². The number of methoxy groups -OCH3 is 1. The molecule has 2 aliphatic carbocycles. The highest BCUT2D eigenvalue weighted by Crippen LogP contribution is 2.55. The predicted octanol–water partition coefficient (Wildman–Crippen LogP) is 6.24. The standard InChI is InChI=1S/C29H36ClNO4/c1-7-11-35-24-9-8-18(30)13-19(24)25-26-20(14-28(2,3)16-22(26)32)31(10-12-34-6)21-15-29(4,5)17-23(33)27(21)25/h7-9,13,25H,1,10-12,14-17H2,2-6H3. The van der Waals surface area contributed by atoms with Crippen molar-refractivity contribution >= 4 is 23.2 Å². The molecule has 0 atom stereocenters. The molecule has 1 heterocycles. The Balaban J connectivity index is 2.01. The maximum Gasteiger partial charge on any atom is 0.162 e. The van der Waals surface area contributed by atoms with E-state index in [0.29, 0.717) is 54.5 Å². The van der Waals surface area contributed by atoms with Crippen molar-refractivity contribution in [1.29, 1.82) is 0 Å². The lowest BCUT2D eigenvalue weighted by molar-refractivity contribution is -0.119. The lowest BCUT2D eigenvalue weighted by Gasteiger charge is -2.49. The predicted molar refractivity (Wildman–Crippen MR) is 139 cm³/mol. The van der Waals surface area contributed by atoms with E-state index in [-0.39, 0.29) is 22.4 Å². The van der Waals surface area contributed by atoms with Gasteiger partial charge in [-0.1, -0.05) is 52.0 Å². The third-order valence-electron chi connectivity index (χ3n) is 7.18. The van der Waals surface area contributed by atoms with Gasteiger partial charge in [0.05, 0.1) is 6.61 Å². The minimum absolute atomic E-state index is 0.0856. The molecule has 0 saturated heterocycles. The number of carbonyl (C=O) groups excluding carboxylic acids is 2. The average molecular weight is 498 g/mol. The second-order valence-corrected chi connectivity index (χ2v) is 11.9. The van der Waals surface area contributed by atoms with Crippen molar-refractivity contribution in [2.24, 2.45) is 10.8 Å². The summed E-state index contributed by atoms with van der Waals surface area (Å²) < 4.78 is 11.5. The third-order valence-corrected chi connectivity index (χ3v) is 7.42. The number of allylic oxidation sites excluding steroid dienone is 4. The summed E-state index contributed by atoms with van der Waals surface area (Å²) in [6.07, 6.45) is 4.06. The number of benzene rings is 1. The molecule has 0 spiro atoms. The van der Waals surface area contributed by atoms with Crippen molar-refractivity contribution in [3.63, 3.8) is 0 Å². The molecule has 0 amide bonds. The first-order valence-corrected chi connectivity index (χ1v) is 12.7. The summed E-state index contributed by atoms with van der Waals surface area (Å²) in [4.78, 5) is 29.9. The van der Waals surface area contributed by atoms with E-state index in [2.05, 4.69) is 39.2 Å². The second-order valence-electron chi connectivity index (χ2n) is 11.5. The van der Waals surface area contributed by atoms with Gasteiger partial charge in [-0.2, -0.15) is 0 Å². The molecule has 3 aliphatic rings. The fourth-order valence-electron chi connectivity index (χ4n) is 5.84. The van der Waals surface area contributed by atoms with Crippen LogP contribution < -0.4 is 4.74 Å². The van der Waals surface area contributed by atoms with Crippen molar-refractivity contribution < 1.29 is 19.1 Å².